The number of carbonyl (C=O) groups is 2. The average molecular weight is 626 g/mol. The molecule has 1 aromatic carbocycles. The number of nitrogens with zero attached hydrogens (tertiary/aromatic N) is 4. The smallest absolute Gasteiger partial charge is 0.267 e. The Bertz CT molecular complexity index is 1390. The van der Waals surface area contributed by atoms with Gasteiger partial charge in [0.1, 0.15) is 5.54 Å². The summed E-state index contributed by atoms with van der Waals surface area (Å²) < 4.78 is 55.5. The topological polar surface area (TPSA) is 114 Å². The molecule has 230 valence electrons. The van der Waals surface area contributed by atoms with E-state index in [1.165, 1.54) is 18.9 Å². The van der Waals surface area contributed by atoms with Gasteiger partial charge in [0.2, 0.25) is 11.8 Å². The summed E-state index contributed by atoms with van der Waals surface area (Å²) in [6, 6.07) is 7.64. The predicted octanol–water partition coefficient (Wildman–Crippen LogP) is 3.47. The van der Waals surface area contributed by atoms with Crippen molar-refractivity contribution >= 4 is 38.9 Å². The second-order valence-electron chi connectivity index (χ2n) is 12.3. The summed E-state index contributed by atoms with van der Waals surface area (Å²) in [5.41, 5.74) is -0.173. The number of hydrogen-bond acceptors (Lipinski definition) is 7. The molecule has 9 nitrogen and oxygen atoms in total. The Morgan fingerprint density at radius 3 is 2.24 bits per heavy atom. The molecule has 2 aliphatic heterocycles. The summed E-state index contributed by atoms with van der Waals surface area (Å²) in [5.74, 6) is -6.38. The van der Waals surface area contributed by atoms with E-state index in [0.717, 1.165) is 36.8 Å². The van der Waals surface area contributed by atoms with Crippen molar-refractivity contribution in [3.8, 4) is 6.07 Å². The molecule has 6 rings (SSSR count). The fraction of sp³-hybridized carbons (Fsp3) is 0.690. The first-order valence-electron chi connectivity index (χ1n) is 14.3. The van der Waals surface area contributed by atoms with E-state index in [2.05, 4.69) is 21.2 Å². The highest BCUT2D eigenvalue weighted by Crippen LogP contribution is 2.44. The SMILES string of the molecule is C.N#CC1(NC(=O)[C@@H]2C[C@@H](S(=O)(=O)c3ccc(N4CCN(C5CC5)CC4)cc3Cl)C[C@H]2C(=O)N2CCC(F)(F)C2)CC1. The van der Waals surface area contributed by atoms with E-state index in [1.54, 1.807) is 12.1 Å². The van der Waals surface area contributed by atoms with Crippen molar-refractivity contribution in [2.45, 2.75) is 80.0 Å². The lowest BCUT2D eigenvalue weighted by atomic mass is 9.93. The van der Waals surface area contributed by atoms with Crippen molar-refractivity contribution in [2.24, 2.45) is 11.8 Å². The third-order valence-corrected chi connectivity index (χ3v) is 12.0. The van der Waals surface area contributed by atoms with Crippen LogP contribution in [0, 0.1) is 23.2 Å². The molecule has 2 heterocycles. The second kappa shape index (κ2) is 11.2. The molecule has 5 aliphatic rings. The Balaban J connectivity index is 0.00000353. The number of hydrogen-bond donors (Lipinski definition) is 1. The van der Waals surface area contributed by atoms with Crippen LogP contribution < -0.4 is 10.2 Å². The van der Waals surface area contributed by atoms with E-state index >= 15 is 0 Å². The minimum absolute atomic E-state index is 0. The Morgan fingerprint density at radius 2 is 1.69 bits per heavy atom. The molecular formula is C29H38ClF2N5O4S. The molecule has 0 spiro atoms. The molecule has 2 amide bonds. The number of likely N-dealkylation sites (tertiary alicyclic amines) is 1. The maximum atomic E-state index is 13.9. The molecule has 1 aromatic rings. The minimum atomic E-state index is -4.06. The molecule has 0 aromatic heterocycles. The first-order valence-corrected chi connectivity index (χ1v) is 16.3. The van der Waals surface area contributed by atoms with Crippen LogP contribution in [0.2, 0.25) is 5.02 Å². The van der Waals surface area contributed by atoms with Crippen LogP contribution in [0.4, 0.5) is 14.5 Å². The zero-order valence-corrected chi connectivity index (χ0v) is 24.3. The summed E-state index contributed by atoms with van der Waals surface area (Å²) in [7, 11) is -4.06. The van der Waals surface area contributed by atoms with Crippen LogP contribution in [0.25, 0.3) is 0 Å². The lowest BCUT2D eigenvalue weighted by molar-refractivity contribution is -0.141. The van der Waals surface area contributed by atoms with Crippen molar-refractivity contribution in [1.29, 1.82) is 5.26 Å². The largest absolute Gasteiger partial charge is 0.369 e. The molecule has 42 heavy (non-hydrogen) atoms. The van der Waals surface area contributed by atoms with Crippen molar-refractivity contribution in [2.75, 3.05) is 44.2 Å². The van der Waals surface area contributed by atoms with Crippen LogP contribution >= 0.6 is 11.6 Å². The zero-order chi connectivity index (χ0) is 29.2. The van der Waals surface area contributed by atoms with Gasteiger partial charge in [0, 0.05) is 50.9 Å². The van der Waals surface area contributed by atoms with E-state index < -0.39 is 63.2 Å². The number of amides is 2. The summed E-state index contributed by atoms with van der Waals surface area (Å²) in [4.78, 5) is 32.3. The number of alkyl halides is 2. The Hall–Kier alpha value is -2.49. The number of piperazine rings is 1. The normalized spacial score (nSPS) is 28.6. The third-order valence-electron chi connectivity index (χ3n) is 9.38. The third kappa shape index (κ3) is 5.97. The Morgan fingerprint density at radius 1 is 1.02 bits per heavy atom. The van der Waals surface area contributed by atoms with E-state index in [1.807, 2.05) is 0 Å². The number of halogens is 3. The van der Waals surface area contributed by atoms with Gasteiger partial charge in [0.05, 0.1) is 39.6 Å². The highest BCUT2D eigenvalue weighted by molar-refractivity contribution is 7.92. The number of nitriles is 1. The number of sulfone groups is 1. The fourth-order valence-corrected chi connectivity index (χ4v) is 8.93. The molecule has 3 saturated carbocycles. The van der Waals surface area contributed by atoms with Crippen molar-refractivity contribution in [3.05, 3.63) is 23.2 Å². The number of benzene rings is 1. The van der Waals surface area contributed by atoms with Gasteiger partial charge in [-0.15, -0.1) is 0 Å². The molecule has 5 fully saturated rings. The van der Waals surface area contributed by atoms with Gasteiger partial charge < -0.3 is 15.1 Å². The second-order valence-corrected chi connectivity index (χ2v) is 14.9. The monoisotopic (exact) mass is 625 g/mol. The standard InChI is InChI=1S/C28H34ClF2N5O4S.CH4/c29-23-13-19(35-11-9-34(10-12-35)18-1-2-18)3-4-24(23)41(39,40)20-14-21(25(37)33-27(16-32)5-6-27)22(15-20)26(38)36-8-7-28(30,31)17-36;/h3-4,13,18,20-22H,1-2,5-12,14-15,17H2,(H,33,37);1H4/t20-,21-,22-;/m1./s1. The van der Waals surface area contributed by atoms with E-state index in [9.17, 15) is 32.0 Å². The molecule has 0 bridgehead atoms. The van der Waals surface area contributed by atoms with Crippen LogP contribution in [0.3, 0.4) is 0 Å². The molecule has 2 saturated heterocycles. The number of carbonyl (C=O) groups excluding carboxylic acids is 2. The van der Waals surface area contributed by atoms with E-state index in [4.69, 9.17) is 11.6 Å². The predicted molar refractivity (Wildman–Crippen MR) is 154 cm³/mol. The van der Waals surface area contributed by atoms with E-state index in [-0.39, 0.29) is 36.7 Å². The van der Waals surface area contributed by atoms with Gasteiger partial charge in [-0.2, -0.15) is 5.26 Å². The minimum Gasteiger partial charge on any atom is -0.369 e. The van der Waals surface area contributed by atoms with E-state index in [0.29, 0.717) is 18.9 Å². The van der Waals surface area contributed by atoms with Gasteiger partial charge in [-0.1, -0.05) is 19.0 Å². The van der Waals surface area contributed by atoms with Gasteiger partial charge in [-0.25, -0.2) is 17.2 Å². The number of anilines is 1. The Kier molecular flexibility index (Phi) is 8.26. The lowest BCUT2D eigenvalue weighted by Gasteiger charge is -2.36. The first kappa shape index (κ1) is 31.0. The van der Waals surface area contributed by atoms with Crippen LogP contribution in [0.15, 0.2) is 23.1 Å². The summed E-state index contributed by atoms with van der Waals surface area (Å²) >= 11 is 6.56. The highest BCUT2D eigenvalue weighted by Gasteiger charge is 2.53. The summed E-state index contributed by atoms with van der Waals surface area (Å²) in [6.45, 7) is 2.62. The maximum Gasteiger partial charge on any atom is 0.267 e. The maximum absolute atomic E-state index is 13.9. The number of rotatable bonds is 7. The van der Waals surface area contributed by atoms with Gasteiger partial charge in [0.15, 0.2) is 9.84 Å². The van der Waals surface area contributed by atoms with Gasteiger partial charge >= 0.3 is 0 Å². The van der Waals surface area contributed by atoms with Gasteiger partial charge in [-0.3, -0.25) is 14.5 Å². The highest BCUT2D eigenvalue weighted by atomic mass is 35.5. The van der Waals surface area contributed by atoms with Crippen LogP contribution in [-0.4, -0.2) is 92.1 Å². The van der Waals surface area contributed by atoms with Crippen LogP contribution in [0.5, 0.6) is 0 Å². The molecule has 0 radical (unpaired) electrons. The van der Waals surface area contributed by atoms with Crippen LogP contribution in [0.1, 0.15) is 52.4 Å². The van der Waals surface area contributed by atoms with Crippen molar-refractivity contribution < 1.29 is 26.8 Å². The average Bonchev–Trinajstić information content (AvgIpc) is 3.86. The lowest BCUT2D eigenvalue weighted by Crippen LogP contribution is -2.47. The quantitative estimate of drug-likeness (QED) is 0.494. The van der Waals surface area contributed by atoms with Crippen molar-refractivity contribution in [1.82, 2.24) is 15.1 Å². The zero-order valence-electron chi connectivity index (χ0n) is 22.7. The summed E-state index contributed by atoms with van der Waals surface area (Å²) in [5, 5.41) is 11.1. The van der Waals surface area contributed by atoms with Gasteiger partial charge in [0.25, 0.3) is 5.92 Å². The molecule has 13 heteroatoms. The fourth-order valence-electron chi connectivity index (χ4n) is 6.57. The molecule has 3 aliphatic carbocycles. The molecular weight excluding hydrogens is 588 g/mol. The first-order chi connectivity index (χ1) is 19.4. The molecule has 0 unspecified atom stereocenters. The Labute approximate surface area is 251 Å². The molecule has 3 atom stereocenters. The van der Waals surface area contributed by atoms with Crippen molar-refractivity contribution in [3.63, 3.8) is 0 Å². The summed E-state index contributed by atoms with van der Waals surface area (Å²) in [6.07, 6.45) is 2.63. The number of nitrogens with one attached hydrogen (secondary N) is 1. The molecule has 1 N–H and O–H groups in total. The van der Waals surface area contributed by atoms with Crippen LogP contribution in [-0.2, 0) is 19.4 Å². The van der Waals surface area contributed by atoms with Gasteiger partial charge in [-0.05, 0) is 56.7 Å².